The lowest BCUT2D eigenvalue weighted by Crippen LogP contribution is -2.38. The molecule has 0 spiro atoms. The Kier molecular flexibility index (Phi) is 7.23. The van der Waals surface area contributed by atoms with Gasteiger partial charge in [-0.2, -0.15) is 0 Å². The quantitative estimate of drug-likeness (QED) is 0.541. The van der Waals surface area contributed by atoms with Crippen LogP contribution >= 0.6 is 0 Å². The van der Waals surface area contributed by atoms with Crippen LogP contribution in [-0.2, 0) is 23.0 Å². The average Bonchev–Trinajstić information content (AvgIpc) is 3.13. The third kappa shape index (κ3) is 5.34. The van der Waals surface area contributed by atoms with Crippen molar-refractivity contribution in [3.05, 3.63) is 54.0 Å². The highest BCUT2D eigenvalue weighted by Crippen LogP contribution is 2.19. The third-order valence-corrected chi connectivity index (χ3v) is 5.64. The minimum atomic E-state index is -3.50. The molecule has 0 atom stereocenters. The van der Waals surface area contributed by atoms with Gasteiger partial charge < -0.3 is 15.1 Å². The van der Waals surface area contributed by atoms with Crippen LogP contribution in [0.1, 0.15) is 18.2 Å². The molecule has 1 aromatic heterocycles. The highest BCUT2D eigenvalue weighted by molar-refractivity contribution is 7.89. The average molecular weight is 378 g/mol. The Hall–Kier alpha value is -2.32. The zero-order valence-corrected chi connectivity index (χ0v) is 16.2. The van der Waals surface area contributed by atoms with Gasteiger partial charge in [-0.1, -0.05) is 18.2 Å². The highest BCUT2D eigenvalue weighted by atomic mass is 32.2. The van der Waals surface area contributed by atoms with Crippen molar-refractivity contribution in [3.8, 4) is 0 Å². The first-order valence-electron chi connectivity index (χ1n) is 8.50. The first-order chi connectivity index (χ1) is 12.4. The number of hydrogen-bond acceptors (Lipinski definition) is 4. The van der Waals surface area contributed by atoms with Crippen molar-refractivity contribution in [3.63, 3.8) is 0 Å². The number of guanidine groups is 1. The van der Waals surface area contributed by atoms with Crippen molar-refractivity contribution in [1.29, 1.82) is 0 Å². The van der Waals surface area contributed by atoms with Crippen LogP contribution in [0.3, 0.4) is 0 Å². The van der Waals surface area contributed by atoms with E-state index >= 15 is 0 Å². The largest absolute Gasteiger partial charge is 0.469 e. The van der Waals surface area contributed by atoms with Crippen LogP contribution in [-0.4, -0.2) is 45.9 Å². The van der Waals surface area contributed by atoms with E-state index in [9.17, 15) is 8.42 Å². The Balaban J connectivity index is 2.09. The number of nitrogens with zero attached hydrogens (tertiary/aromatic N) is 2. The molecule has 2 rings (SSSR count). The van der Waals surface area contributed by atoms with Crippen LogP contribution in [0.25, 0.3) is 0 Å². The summed E-state index contributed by atoms with van der Waals surface area (Å²) in [4.78, 5) is 4.79. The molecule has 0 saturated heterocycles. The van der Waals surface area contributed by atoms with Gasteiger partial charge in [0.15, 0.2) is 5.96 Å². The van der Waals surface area contributed by atoms with Crippen LogP contribution in [0, 0.1) is 0 Å². The Morgan fingerprint density at radius 3 is 2.58 bits per heavy atom. The van der Waals surface area contributed by atoms with E-state index in [0.29, 0.717) is 24.6 Å². The third-order valence-electron chi connectivity index (χ3n) is 3.73. The fourth-order valence-corrected chi connectivity index (χ4v) is 3.46. The number of furan rings is 1. The second-order valence-electron chi connectivity index (χ2n) is 5.85. The molecule has 0 radical (unpaired) electrons. The zero-order valence-electron chi connectivity index (χ0n) is 15.4. The molecule has 0 unspecified atom stereocenters. The van der Waals surface area contributed by atoms with Crippen molar-refractivity contribution in [2.75, 3.05) is 27.2 Å². The Labute approximate surface area is 155 Å². The molecule has 8 heteroatoms. The standard InChI is InChI=1S/C18H26N4O3S/c1-4-19-18(20-12-11-16-9-7-13-25-16)21-14-15-8-5-6-10-17(15)26(23,24)22(2)3/h5-10,13H,4,11-12,14H2,1-3H3,(H2,19,20,21). The molecule has 0 aliphatic heterocycles. The van der Waals surface area contributed by atoms with E-state index in [1.807, 2.05) is 25.1 Å². The first kappa shape index (κ1) is 20.0. The maximum Gasteiger partial charge on any atom is 0.242 e. The second-order valence-corrected chi connectivity index (χ2v) is 7.97. The number of rotatable bonds is 8. The van der Waals surface area contributed by atoms with Crippen molar-refractivity contribution in [2.24, 2.45) is 4.99 Å². The molecule has 26 heavy (non-hydrogen) atoms. The minimum Gasteiger partial charge on any atom is -0.469 e. The Bertz CT molecular complexity index is 815. The summed E-state index contributed by atoms with van der Waals surface area (Å²) in [5.41, 5.74) is 0.657. The lowest BCUT2D eigenvalue weighted by Gasteiger charge is -2.15. The summed E-state index contributed by atoms with van der Waals surface area (Å²) in [5, 5.41) is 6.39. The molecule has 2 N–H and O–H groups in total. The fourth-order valence-electron chi connectivity index (χ4n) is 2.35. The smallest absolute Gasteiger partial charge is 0.242 e. The van der Waals surface area contributed by atoms with Crippen molar-refractivity contribution in [1.82, 2.24) is 14.9 Å². The minimum absolute atomic E-state index is 0.263. The van der Waals surface area contributed by atoms with Gasteiger partial charge in [0, 0.05) is 33.6 Å². The lowest BCUT2D eigenvalue weighted by molar-refractivity contribution is 0.506. The summed E-state index contributed by atoms with van der Waals surface area (Å²) in [6, 6.07) is 10.7. The van der Waals surface area contributed by atoms with Gasteiger partial charge >= 0.3 is 0 Å². The van der Waals surface area contributed by atoms with Crippen LogP contribution < -0.4 is 10.6 Å². The molecule has 0 amide bonds. The number of sulfonamides is 1. The molecule has 0 saturated carbocycles. The summed E-state index contributed by atoms with van der Waals surface area (Å²) in [5.74, 6) is 1.53. The van der Waals surface area contributed by atoms with Crippen molar-refractivity contribution >= 4 is 16.0 Å². The summed E-state index contributed by atoms with van der Waals surface area (Å²) in [6.45, 7) is 3.62. The zero-order chi connectivity index (χ0) is 19.0. The van der Waals surface area contributed by atoms with E-state index in [0.717, 1.165) is 12.2 Å². The molecule has 0 fully saturated rings. The summed E-state index contributed by atoms with van der Waals surface area (Å²) in [6.07, 6.45) is 2.39. The molecular formula is C18H26N4O3S. The van der Waals surface area contributed by atoms with Crippen LogP contribution in [0.2, 0.25) is 0 Å². The molecule has 1 heterocycles. The SMILES string of the molecule is CCNC(=NCc1ccccc1S(=O)(=O)N(C)C)NCCc1ccco1. The monoisotopic (exact) mass is 378 g/mol. The van der Waals surface area contributed by atoms with Gasteiger partial charge in [-0.3, -0.25) is 0 Å². The maximum absolute atomic E-state index is 12.5. The molecule has 0 aliphatic rings. The molecule has 142 valence electrons. The van der Waals surface area contributed by atoms with Gasteiger partial charge in [-0.15, -0.1) is 0 Å². The first-order valence-corrected chi connectivity index (χ1v) is 9.94. The van der Waals surface area contributed by atoms with E-state index < -0.39 is 10.0 Å². The summed E-state index contributed by atoms with van der Waals surface area (Å²) >= 11 is 0. The Morgan fingerprint density at radius 1 is 1.15 bits per heavy atom. The van der Waals surface area contributed by atoms with Crippen LogP contribution in [0.4, 0.5) is 0 Å². The summed E-state index contributed by atoms with van der Waals surface area (Å²) in [7, 11) is -0.457. The second kappa shape index (κ2) is 9.40. The van der Waals surface area contributed by atoms with E-state index in [1.165, 1.54) is 18.4 Å². The number of nitrogens with one attached hydrogen (secondary N) is 2. The lowest BCUT2D eigenvalue weighted by atomic mass is 10.2. The van der Waals surface area contributed by atoms with Crippen molar-refractivity contribution < 1.29 is 12.8 Å². The molecule has 1 aromatic carbocycles. The maximum atomic E-state index is 12.5. The van der Waals surface area contributed by atoms with Gasteiger partial charge in [-0.05, 0) is 30.7 Å². The molecular weight excluding hydrogens is 352 g/mol. The predicted molar refractivity (Wildman–Crippen MR) is 103 cm³/mol. The molecule has 2 aromatic rings. The van der Waals surface area contributed by atoms with Gasteiger partial charge in [0.25, 0.3) is 0 Å². The van der Waals surface area contributed by atoms with Gasteiger partial charge in [0.2, 0.25) is 10.0 Å². The number of hydrogen-bond donors (Lipinski definition) is 2. The predicted octanol–water partition coefficient (Wildman–Crippen LogP) is 1.83. The molecule has 0 bridgehead atoms. The van der Waals surface area contributed by atoms with E-state index in [2.05, 4.69) is 15.6 Å². The van der Waals surface area contributed by atoms with E-state index in [-0.39, 0.29) is 11.4 Å². The summed E-state index contributed by atoms with van der Waals surface area (Å²) < 4.78 is 31.4. The topological polar surface area (TPSA) is 86.9 Å². The fraction of sp³-hybridized carbons (Fsp3) is 0.389. The van der Waals surface area contributed by atoms with Crippen molar-refractivity contribution in [2.45, 2.75) is 24.8 Å². The van der Waals surface area contributed by atoms with E-state index in [4.69, 9.17) is 4.42 Å². The van der Waals surface area contributed by atoms with Gasteiger partial charge in [-0.25, -0.2) is 17.7 Å². The normalized spacial score (nSPS) is 12.4. The van der Waals surface area contributed by atoms with Crippen LogP contribution in [0.15, 0.2) is 57.0 Å². The number of benzene rings is 1. The molecule has 0 aliphatic carbocycles. The number of aliphatic imine (C=N–C) groups is 1. The molecule has 7 nitrogen and oxygen atoms in total. The Morgan fingerprint density at radius 2 is 1.92 bits per heavy atom. The van der Waals surface area contributed by atoms with Gasteiger partial charge in [0.1, 0.15) is 5.76 Å². The van der Waals surface area contributed by atoms with Crippen LogP contribution in [0.5, 0.6) is 0 Å². The highest BCUT2D eigenvalue weighted by Gasteiger charge is 2.20. The van der Waals surface area contributed by atoms with Gasteiger partial charge in [0.05, 0.1) is 17.7 Å². The van der Waals surface area contributed by atoms with E-state index in [1.54, 1.807) is 24.5 Å².